The molecule has 1 aromatic rings. The second-order valence-corrected chi connectivity index (χ2v) is 9.34. The highest BCUT2D eigenvalue weighted by atomic mass is 16.5. The van der Waals surface area contributed by atoms with Gasteiger partial charge in [0, 0.05) is 63.2 Å². The number of amides is 2. The summed E-state index contributed by atoms with van der Waals surface area (Å²) in [6.45, 7) is 3.03. The smallest absolute Gasteiger partial charge is 0.253 e. The first-order valence-corrected chi connectivity index (χ1v) is 11.1. The summed E-state index contributed by atoms with van der Waals surface area (Å²) in [6, 6.07) is 3.92. The first-order valence-electron chi connectivity index (χ1n) is 11.1. The first kappa shape index (κ1) is 21.2. The fourth-order valence-corrected chi connectivity index (χ4v) is 5.63. The Morgan fingerprint density at radius 3 is 2.27 bits per heavy atom. The maximum atomic E-state index is 13.2. The van der Waals surface area contributed by atoms with Crippen molar-refractivity contribution in [3.05, 3.63) is 30.1 Å². The highest BCUT2D eigenvalue weighted by molar-refractivity contribution is 5.94. The number of rotatable bonds is 4. The quantitative estimate of drug-likeness (QED) is 0.751. The monoisotopic (exact) mass is 414 g/mol. The number of piperidine rings is 1. The van der Waals surface area contributed by atoms with E-state index in [1.807, 2.05) is 4.90 Å². The maximum Gasteiger partial charge on any atom is 0.253 e. The van der Waals surface area contributed by atoms with Crippen LogP contribution in [0.1, 0.15) is 36.0 Å². The van der Waals surface area contributed by atoms with Gasteiger partial charge in [0.05, 0.1) is 6.10 Å². The minimum absolute atomic E-state index is 0.0366. The molecular weight excluding hydrogens is 380 g/mol. The lowest BCUT2D eigenvalue weighted by atomic mass is 9.77. The molecule has 0 N–H and O–H groups in total. The highest BCUT2D eigenvalue weighted by Gasteiger charge is 2.45. The second kappa shape index (κ2) is 9.02. The number of likely N-dealkylation sites (tertiary alicyclic amines) is 2. The zero-order chi connectivity index (χ0) is 21.3. The number of ether oxygens (including phenoxy) is 1. The van der Waals surface area contributed by atoms with E-state index in [0.717, 1.165) is 38.8 Å². The molecule has 7 nitrogen and oxygen atoms in total. The Kier molecular flexibility index (Phi) is 6.39. The van der Waals surface area contributed by atoms with Crippen LogP contribution in [0.25, 0.3) is 0 Å². The van der Waals surface area contributed by atoms with Gasteiger partial charge in [0.1, 0.15) is 0 Å². The van der Waals surface area contributed by atoms with E-state index in [2.05, 4.69) is 28.9 Å². The van der Waals surface area contributed by atoms with E-state index in [0.29, 0.717) is 36.5 Å². The van der Waals surface area contributed by atoms with Gasteiger partial charge >= 0.3 is 0 Å². The molecule has 2 saturated heterocycles. The summed E-state index contributed by atoms with van der Waals surface area (Å²) in [5.41, 5.74) is 0.668. The van der Waals surface area contributed by atoms with Gasteiger partial charge in [0.25, 0.3) is 5.91 Å². The normalized spacial score (nSPS) is 29.9. The highest BCUT2D eigenvalue weighted by Crippen LogP contribution is 2.39. The topological polar surface area (TPSA) is 66.0 Å². The van der Waals surface area contributed by atoms with Gasteiger partial charge in [-0.25, -0.2) is 0 Å². The SMILES string of the molecule is CO[C@@H]1C[C@H]2CN(C(=O)C3CCN(C(=O)c4ccncc4)CC3)C[C@H]2C[C@H]1N(C)C. The Morgan fingerprint density at radius 2 is 1.67 bits per heavy atom. The van der Waals surface area contributed by atoms with Crippen molar-refractivity contribution in [2.75, 3.05) is 47.4 Å². The van der Waals surface area contributed by atoms with Crippen molar-refractivity contribution in [1.82, 2.24) is 19.7 Å². The third-order valence-corrected chi connectivity index (χ3v) is 7.42. The average molecular weight is 415 g/mol. The number of aromatic nitrogens is 1. The summed E-state index contributed by atoms with van der Waals surface area (Å²) in [7, 11) is 6.05. The molecule has 0 spiro atoms. The van der Waals surface area contributed by atoms with Crippen molar-refractivity contribution in [3.63, 3.8) is 0 Å². The summed E-state index contributed by atoms with van der Waals surface area (Å²) in [5, 5.41) is 0. The average Bonchev–Trinajstić information content (AvgIpc) is 3.21. The number of fused-ring (bicyclic) bond motifs is 1. The van der Waals surface area contributed by atoms with Crippen LogP contribution in [0.15, 0.2) is 24.5 Å². The van der Waals surface area contributed by atoms with Gasteiger partial charge in [-0.15, -0.1) is 0 Å². The van der Waals surface area contributed by atoms with Crippen molar-refractivity contribution < 1.29 is 14.3 Å². The number of carbonyl (C=O) groups is 2. The molecule has 0 aromatic carbocycles. The van der Waals surface area contributed by atoms with Crippen LogP contribution in [0, 0.1) is 17.8 Å². The zero-order valence-electron chi connectivity index (χ0n) is 18.4. The minimum atomic E-state index is 0.0366. The second-order valence-electron chi connectivity index (χ2n) is 9.34. The molecule has 1 saturated carbocycles. The predicted molar refractivity (Wildman–Crippen MR) is 114 cm³/mol. The van der Waals surface area contributed by atoms with Crippen LogP contribution in [0.4, 0.5) is 0 Å². The van der Waals surface area contributed by atoms with Crippen LogP contribution in [0.5, 0.6) is 0 Å². The molecular formula is C23H34N4O3. The van der Waals surface area contributed by atoms with Crippen LogP contribution in [-0.2, 0) is 9.53 Å². The molecule has 4 atom stereocenters. The fourth-order valence-electron chi connectivity index (χ4n) is 5.63. The fraction of sp³-hybridized carbons (Fsp3) is 0.696. The van der Waals surface area contributed by atoms with Gasteiger partial charge in [-0.05, 0) is 63.7 Å². The number of methoxy groups -OCH3 is 1. The Hall–Kier alpha value is -1.99. The lowest BCUT2D eigenvalue weighted by molar-refractivity contribution is -0.136. The maximum absolute atomic E-state index is 13.2. The molecule has 0 radical (unpaired) electrons. The van der Waals surface area contributed by atoms with Gasteiger partial charge in [-0.2, -0.15) is 0 Å². The van der Waals surface area contributed by atoms with Crippen molar-refractivity contribution in [1.29, 1.82) is 0 Å². The summed E-state index contributed by atoms with van der Waals surface area (Å²) in [6.07, 6.45) is 7.17. The van der Waals surface area contributed by atoms with Crippen molar-refractivity contribution in [3.8, 4) is 0 Å². The molecule has 2 aliphatic heterocycles. The molecule has 3 fully saturated rings. The summed E-state index contributed by atoms with van der Waals surface area (Å²) in [5.74, 6) is 1.48. The Morgan fingerprint density at radius 1 is 1.03 bits per heavy atom. The molecule has 2 amide bonds. The summed E-state index contributed by atoms with van der Waals surface area (Å²) < 4.78 is 5.77. The van der Waals surface area contributed by atoms with Crippen LogP contribution in [0.2, 0.25) is 0 Å². The molecule has 0 bridgehead atoms. The summed E-state index contributed by atoms with van der Waals surface area (Å²) >= 11 is 0. The van der Waals surface area contributed by atoms with Crippen molar-refractivity contribution in [2.24, 2.45) is 17.8 Å². The number of likely N-dealkylation sites (N-methyl/N-ethyl adjacent to an activating group) is 1. The van der Waals surface area contributed by atoms with E-state index >= 15 is 0 Å². The van der Waals surface area contributed by atoms with Gasteiger partial charge in [0.2, 0.25) is 5.91 Å². The number of carbonyl (C=O) groups excluding carboxylic acids is 2. The van der Waals surface area contributed by atoms with E-state index in [9.17, 15) is 9.59 Å². The third kappa shape index (κ3) is 4.23. The van der Waals surface area contributed by atoms with Gasteiger partial charge < -0.3 is 19.4 Å². The molecule has 164 valence electrons. The molecule has 3 heterocycles. The Labute approximate surface area is 179 Å². The van der Waals surface area contributed by atoms with Gasteiger partial charge in [0.15, 0.2) is 0 Å². The van der Waals surface area contributed by atoms with E-state index in [4.69, 9.17) is 4.74 Å². The molecule has 3 aliphatic rings. The molecule has 0 unspecified atom stereocenters. The van der Waals surface area contributed by atoms with E-state index in [1.165, 1.54) is 0 Å². The predicted octanol–water partition coefficient (Wildman–Crippen LogP) is 1.75. The number of hydrogen-bond donors (Lipinski definition) is 0. The molecule has 1 aliphatic carbocycles. The Balaban J connectivity index is 1.32. The number of pyridine rings is 1. The zero-order valence-corrected chi connectivity index (χ0v) is 18.4. The summed E-state index contributed by atoms with van der Waals surface area (Å²) in [4.78, 5) is 36.1. The first-order chi connectivity index (χ1) is 14.5. The number of hydrogen-bond acceptors (Lipinski definition) is 5. The van der Waals surface area contributed by atoms with E-state index < -0.39 is 0 Å². The largest absolute Gasteiger partial charge is 0.380 e. The van der Waals surface area contributed by atoms with Crippen molar-refractivity contribution in [2.45, 2.75) is 37.8 Å². The lowest BCUT2D eigenvalue weighted by Gasteiger charge is -2.40. The molecule has 1 aromatic heterocycles. The molecule has 7 heteroatoms. The standard InChI is InChI=1S/C23H34N4O3/c1-25(2)20-12-18-14-27(15-19(18)13-21(20)30-3)23(29)17-6-10-26(11-7-17)22(28)16-4-8-24-9-5-16/h4-5,8-9,17-21H,6-7,10-15H2,1-3H3/t18-,19+,20-,21-/m1/s1. The van der Waals surface area contributed by atoms with Crippen LogP contribution in [0.3, 0.4) is 0 Å². The minimum Gasteiger partial charge on any atom is -0.380 e. The van der Waals surface area contributed by atoms with E-state index in [1.54, 1.807) is 31.6 Å². The lowest BCUT2D eigenvalue weighted by Crippen LogP contribution is -2.47. The molecule has 30 heavy (non-hydrogen) atoms. The van der Waals surface area contributed by atoms with E-state index in [-0.39, 0.29) is 23.8 Å². The van der Waals surface area contributed by atoms with Crippen LogP contribution >= 0.6 is 0 Å². The van der Waals surface area contributed by atoms with Crippen LogP contribution in [-0.4, -0.2) is 91.0 Å². The Bertz CT molecular complexity index is 748. The van der Waals surface area contributed by atoms with Gasteiger partial charge in [-0.1, -0.05) is 0 Å². The van der Waals surface area contributed by atoms with Crippen LogP contribution < -0.4 is 0 Å². The van der Waals surface area contributed by atoms with Crippen molar-refractivity contribution >= 4 is 11.8 Å². The van der Waals surface area contributed by atoms with Gasteiger partial charge in [-0.3, -0.25) is 14.6 Å². The number of nitrogens with zero attached hydrogens (tertiary/aromatic N) is 4. The third-order valence-electron chi connectivity index (χ3n) is 7.42. The molecule has 4 rings (SSSR count).